The molecular formula is C13H15F2NO2. The molecule has 0 aliphatic heterocycles. The summed E-state index contributed by atoms with van der Waals surface area (Å²) in [5.41, 5.74) is -1.04. The fraction of sp³-hybridized carbons (Fsp3) is 0.462. The van der Waals surface area contributed by atoms with Gasteiger partial charge in [0.2, 0.25) is 0 Å². The molecule has 1 aromatic rings. The Morgan fingerprint density at radius 1 is 1.33 bits per heavy atom. The van der Waals surface area contributed by atoms with E-state index in [1.807, 2.05) is 13.8 Å². The highest BCUT2D eigenvalue weighted by Gasteiger charge is 2.38. The molecule has 3 nitrogen and oxygen atoms in total. The molecule has 0 amide bonds. The summed E-state index contributed by atoms with van der Waals surface area (Å²) in [4.78, 5) is 10.7. The van der Waals surface area contributed by atoms with Crippen LogP contribution in [0.15, 0.2) is 12.1 Å². The van der Waals surface area contributed by atoms with Gasteiger partial charge in [-0.25, -0.2) is 13.6 Å². The quantitative estimate of drug-likeness (QED) is 0.868. The monoisotopic (exact) mass is 255 g/mol. The summed E-state index contributed by atoms with van der Waals surface area (Å²) in [6, 6.07) is 1.66. The number of anilines is 1. The number of halogens is 2. The second-order valence-corrected chi connectivity index (χ2v) is 5.24. The van der Waals surface area contributed by atoms with Crippen molar-refractivity contribution in [2.75, 3.05) is 5.32 Å². The van der Waals surface area contributed by atoms with Crippen molar-refractivity contribution in [1.29, 1.82) is 0 Å². The molecule has 0 radical (unpaired) electrons. The molecule has 0 saturated heterocycles. The predicted molar refractivity (Wildman–Crippen MR) is 63.7 cm³/mol. The molecule has 2 N–H and O–H groups in total. The molecule has 0 spiro atoms. The average molecular weight is 255 g/mol. The van der Waals surface area contributed by atoms with Crippen molar-refractivity contribution in [1.82, 2.24) is 0 Å². The molecule has 0 aromatic heterocycles. The van der Waals surface area contributed by atoms with E-state index in [2.05, 4.69) is 5.32 Å². The molecule has 98 valence electrons. The van der Waals surface area contributed by atoms with Gasteiger partial charge in [0.1, 0.15) is 17.3 Å². The number of hydrogen-bond donors (Lipinski definition) is 2. The maximum Gasteiger partial charge on any atom is 0.335 e. The normalized spacial score (nSPS) is 15.6. The number of benzene rings is 1. The van der Waals surface area contributed by atoms with Gasteiger partial charge in [0.15, 0.2) is 0 Å². The van der Waals surface area contributed by atoms with Crippen LogP contribution in [0.5, 0.6) is 0 Å². The lowest BCUT2D eigenvalue weighted by Crippen LogP contribution is -2.34. The standard InChI is InChI=1S/C13H15F2NO2/c1-13(2,8-3-4-8)16-11-9(14)5-7(12(17)18)6-10(11)15/h5-6,8,16H,3-4H2,1-2H3,(H,17,18). The molecule has 0 bridgehead atoms. The van der Waals surface area contributed by atoms with Crippen molar-refractivity contribution in [2.24, 2.45) is 5.92 Å². The predicted octanol–water partition coefficient (Wildman–Crippen LogP) is 3.26. The lowest BCUT2D eigenvalue weighted by atomic mass is 9.98. The Morgan fingerprint density at radius 3 is 2.22 bits per heavy atom. The van der Waals surface area contributed by atoms with Gasteiger partial charge >= 0.3 is 5.97 Å². The van der Waals surface area contributed by atoms with Gasteiger partial charge in [0, 0.05) is 5.54 Å². The topological polar surface area (TPSA) is 49.3 Å². The van der Waals surface area contributed by atoms with Crippen molar-refractivity contribution < 1.29 is 18.7 Å². The van der Waals surface area contributed by atoms with Crippen LogP contribution in [0.2, 0.25) is 0 Å². The first kappa shape index (κ1) is 12.8. The van der Waals surface area contributed by atoms with E-state index in [1.54, 1.807) is 0 Å². The number of rotatable bonds is 4. The van der Waals surface area contributed by atoms with E-state index in [9.17, 15) is 13.6 Å². The second-order valence-electron chi connectivity index (χ2n) is 5.24. The van der Waals surface area contributed by atoms with Crippen LogP contribution in [0.3, 0.4) is 0 Å². The molecule has 0 unspecified atom stereocenters. The Bertz CT molecular complexity index is 473. The van der Waals surface area contributed by atoms with Crippen LogP contribution >= 0.6 is 0 Å². The minimum Gasteiger partial charge on any atom is -0.478 e. The van der Waals surface area contributed by atoms with Crippen molar-refractivity contribution in [2.45, 2.75) is 32.2 Å². The SMILES string of the molecule is CC(C)(Nc1c(F)cc(C(=O)O)cc1F)C1CC1. The Labute approximate surface area is 104 Å². The van der Waals surface area contributed by atoms with Crippen molar-refractivity contribution in [3.63, 3.8) is 0 Å². The van der Waals surface area contributed by atoms with E-state index in [-0.39, 0.29) is 11.3 Å². The zero-order chi connectivity index (χ0) is 13.5. The zero-order valence-corrected chi connectivity index (χ0v) is 10.3. The molecule has 1 aliphatic carbocycles. The Balaban J connectivity index is 2.31. The minimum absolute atomic E-state index is 0.253. The lowest BCUT2D eigenvalue weighted by molar-refractivity contribution is 0.0696. The summed E-state index contributed by atoms with van der Waals surface area (Å²) >= 11 is 0. The van der Waals surface area contributed by atoms with Gasteiger partial charge in [0.05, 0.1) is 5.56 Å². The molecule has 1 aromatic carbocycles. The molecule has 5 heteroatoms. The van der Waals surface area contributed by atoms with E-state index >= 15 is 0 Å². The third kappa shape index (κ3) is 2.44. The number of hydrogen-bond acceptors (Lipinski definition) is 2. The second kappa shape index (κ2) is 4.23. The van der Waals surface area contributed by atoms with Gasteiger partial charge in [-0.15, -0.1) is 0 Å². The lowest BCUT2D eigenvalue weighted by Gasteiger charge is -2.28. The van der Waals surface area contributed by atoms with E-state index < -0.39 is 23.1 Å². The average Bonchev–Trinajstić information content (AvgIpc) is 3.06. The van der Waals surface area contributed by atoms with Crippen LogP contribution in [0.4, 0.5) is 14.5 Å². The van der Waals surface area contributed by atoms with Crippen molar-refractivity contribution >= 4 is 11.7 Å². The van der Waals surface area contributed by atoms with Crippen LogP contribution in [-0.2, 0) is 0 Å². The summed E-state index contributed by atoms with van der Waals surface area (Å²) in [6.45, 7) is 3.77. The molecule has 0 atom stereocenters. The zero-order valence-electron chi connectivity index (χ0n) is 10.3. The first-order valence-corrected chi connectivity index (χ1v) is 5.82. The Hall–Kier alpha value is -1.65. The molecule has 18 heavy (non-hydrogen) atoms. The largest absolute Gasteiger partial charge is 0.478 e. The smallest absolute Gasteiger partial charge is 0.335 e. The Kier molecular flexibility index (Phi) is 3.00. The van der Waals surface area contributed by atoms with Gasteiger partial charge in [-0.3, -0.25) is 0 Å². The summed E-state index contributed by atoms with van der Waals surface area (Å²) in [6.07, 6.45) is 2.08. The van der Waals surface area contributed by atoms with Crippen LogP contribution in [0.1, 0.15) is 37.0 Å². The van der Waals surface area contributed by atoms with Crippen LogP contribution in [0, 0.1) is 17.6 Å². The number of aromatic carboxylic acids is 1. The molecule has 1 aliphatic rings. The maximum atomic E-state index is 13.7. The van der Waals surface area contributed by atoms with Crippen LogP contribution in [0.25, 0.3) is 0 Å². The highest BCUT2D eigenvalue weighted by Crippen LogP contribution is 2.41. The summed E-state index contributed by atoms with van der Waals surface area (Å²) in [5.74, 6) is -2.70. The van der Waals surface area contributed by atoms with Crippen LogP contribution < -0.4 is 5.32 Å². The molecule has 2 rings (SSSR count). The van der Waals surface area contributed by atoms with Gasteiger partial charge in [-0.1, -0.05) is 0 Å². The summed E-state index contributed by atoms with van der Waals surface area (Å²) < 4.78 is 27.4. The highest BCUT2D eigenvalue weighted by molar-refractivity contribution is 5.88. The van der Waals surface area contributed by atoms with E-state index in [0.29, 0.717) is 5.92 Å². The number of carboxylic acids is 1. The number of nitrogens with one attached hydrogen (secondary N) is 1. The molecule has 0 heterocycles. The highest BCUT2D eigenvalue weighted by atomic mass is 19.1. The summed E-state index contributed by atoms with van der Waals surface area (Å²) in [5, 5.41) is 11.5. The third-order valence-corrected chi connectivity index (χ3v) is 3.33. The Morgan fingerprint density at radius 2 is 1.83 bits per heavy atom. The summed E-state index contributed by atoms with van der Waals surface area (Å²) in [7, 11) is 0. The van der Waals surface area contributed by atoms with Gasteiger partial charge in [-0.2, -0.15) is 0 Å². The molecular weight excluding hydrogens is 240 g/mol. The van der Waals surface area contributed by atoms with Gasteiger partial charge < -0.3 is 10.4 Å². The van der Waals surface area contributed by atoms with Crippen LogP contribution in [-0.4, -0.2) is 16.6 Å². The van der Waals surface area contributed by atoms with E-state index in [1.165, 1.54) is 0 Å². The maximum absolute atomic E-state index is 13.7. The number of carbonyl (C=O) groups is 1. The fourth-order valence-corrected chi connectivity index (χ4v) is 2.05. The van der Waals surface area contributed by atoms with Gasteiger partial charge in [0.25, 0.3) is 0 Å². The fourth-order valence-electron chi connectivity index (χ4n) is 2.05. The van der Waals surface area contributed by atoms with Gasteiger partial charge in [-0.05, 0) is 44.7 Å². The molecule has 1 fully saturated rings. The third-order valence-electron chi connectivity index (χ3n) is 3.33. The van der Waals surface area contributed by atoms with Crippen molar-refractivity contribution in [3.8, 4) is 0 Å². The first-order chi connectivity index (χ1) is 8.31. The van der Waals surface area contributed by atoms with E-state index in [0.717, 1.165) is 25.0 Å². The van der Waals surface area contributed by atoms with Crippen molar-refractivity contribution in [3.05, 3.63) is 29.3 Å². The first-order valence-electron chi connectivity index (χ1n) is 5.82. The molecule has 1 saturated carbocycles. The minimum atomic E-state index is -1.35. The van der Waals surface area contributed by atoms with E-state index in [4.69, 9.17) is 5.11 Å². The number of carboxylic acid groups (broad SMARTS) is 1.